The number of hydrogen-bond donors (Lipinski definition) is 2. The summed E-state index contributed by atoms with van der Waals surface area (Å²) < 4.78 is 5.50. The first-order valence-corrected chi connectivity index (χ1v) is 5.79. The largest absolute Gasteiger partial charge is 0.382 e. The van der Waals surface area contributed by atoms with E-state index >= 15 is 0 Å². The number of nitrogens with two attached hydrogens (primary N) is 1. The number of nitrogen functional groups attached to an aromatic ring is 1. The fraction of sp³-hybridized carbons (Fsp3) is 0.500. The smallest absolute Gasteiger partial charge is 0.142 e. The van der Waals surface area contributed by atoms with E-state index < -0.39 is 0 Å². The van der Waals surface area contributed by atoms with Crippen molar-refractivity contribution in [1.82, 2.24) is 9.88 Å². The Balaban J connectivity index is 2.10. The van der Waals surface area contributed by atoms with E-state index in [0.29, 0.717) is 5.69 Å². The molecular weight excluding hydrogens is 216 g/mol. The maximum absolute atomic E-state index is 7.51. The average Bonchev–Trinajstić information content (AvgIpc) is 2.29. The van der Waals surface area contributed by atoms with E-state index in [9.17, 15) is 0 Å². The van der Waals surface area contributed by atoms with Gasteiger partial charge in [0.2, 0.25) is 0 Å². The Hall–Kier alpha value is -1.46. The van der Waals surface area contributed by atoms with Crippen molar-refractivity contribution in [3.63, 3.8) is 0 Å². The highest BCUT2D eigenvalue weighted by molar-refractivity contribution is 5.94. The molecule has 92 valence electrons. The van der Waals surface area contributed by atoms with E-state index in [4.69, 9.17) is 15.9 Å². The Morgan fingerprint density at radius 1 is 1.71 bits per heavy atom. The Morgan fingerprint density at radius 2 is 2.53 bits per heavy atom. The fourth-order valence-corrected chi connectivity index (χ4v) is 2.08. The van der Waals surface area contributed by atoms with Crippen LogP contribution in [0.15, 0.2) is 18.3 Å². The second-order valence-electron chi connectivity index (χ2n) is 4.34. The van der Waals surface area contributed by atoms with Crippen molar-refractivity contribution >= 4 is 5.84 Å². The molecule has 1 unspecified atom stereocenters. The number of nitrogens with one attached hydrogen (secondary N) is 1. The minimum absolute atomic E-state index is 0.0295. The molecule has 0 aromatic carbocycles. The first kappa shape index (κ1) is 12.0. The Labute approximate surface area is 101 Å². The number of nitrogens with zero attached hydrogens (tertiary/aromatic N) is 2. The minimum Gasteiger partial charge on any atom is -0.382 e. The molecule has 1 atom stereocenters. The van der Waals surface area contributed by atoms with E-state index in [1.807, 2.05) is 12.1 Å². The van der Waals surface area contributed by atoms with Crippen LogP contribution in [-0.2, 0) is 11.3 Å². The lowest BCUT2D eigenvalue weighted by atomic mass is 10.1. The summed E-state index contributed by atoms with van der Waals surface area (Å²) in [6.07, 6.45) is 1.93. The van der Waals surface area contributed by atoms with E-state index in [0.717, 1.165) is 31.8 Å². The van der Waals surface area contributed by atoms with Gasteiger partial charge in [0, 0.05) is 25.8 Å². The van der Waals surface area contributed by atoms with Crippen LogP contribution in [0.3, 0.4) is 0 Å². The summed E-state index contributed by atoms with van der Waals surface area (Å²) in [6, 6.07) is 3.86. The lowest BCUT2D eigenvalue weighted by molar-refractivity contribution is -0.0212. The molecule has 1 aromatic heterocycles. The fourth-order valence-electron chi connectivity index (χ4n) is 2.08. The molecule has 17 heavy (non-hydrogen) atoms. The zero-order valence-electron chi connectivity index (χ0n) is 10.0. The molecular formula is C12H18N4O. The lowest BCUT2D eigenvalue weighted by Crippen LogP contribution is -2.40. The van der Waals surface area contributed by atoms with Gasteiger partial charge in [-0.15, -0.1) is 0 Å². The number of rotatable bonds is 3. The van der Waals surface area contributed by atoms with Crippen LogP contribution in [0.2, 0.25) is 0 Å². The molecule has 0 saturated carbocycles. The van der Waals surface area contributed by atoms with Gasteiger partial charge in [-0.05, 0) is 18.6 Å². The first-order valence-electron chi connectivity index (χ1n) is 5.79. The third kappa shape index (κ3) is 3.01. The van der Waals surface area contributed by atoms with E-state index in [2.05, 4.69) is 16.8 Å². The second-order valence-corrected chi connectivity index (χ2v) is 4.34. The average molecular weight is 234 g/mol. The van der Waals surface area contributed by atoms with E-state index in [-0.39, 0.29) is 11.9 Å². The number of amidine groups is 1. The molecule has 0 aliphatic carbocycles. The zero-order valence-corrected chi connectivity index (χ0v) is 10.0. The normalized spacial score (nSPS) is 21.4. The van der Waals surface area contributed by atoms with Gasteiger partial charge in [-0.1, -0.05) is 6.07 Å². The predicted octanol–water partition coefficient (Wildman–Crippen LogP) is 0.586. The van der Waals surface area contributed by atoms with Gasteiger partial charge in [0.1, 0.15) is 11.5 Å². The van der Waals surface area contributed by atoms with Crippen molar-refractivity contribution < 1.29 is 4.74 Å². The van der Waals surface area contributed by atoms with Crippen molar-refractivity contribution in [2.75, 3.05) is 19.7 Å². The molecule has 5 heteroatoms. The highest BCUT2D eigenvalue weighted by Gasteiger charge is 2.18. The summed E-state index contributed by atoms with van der Waals surface area (Å²) >= 11 is 0. The van der Waals surface area contributed by atoms with Crippen LogP contribution in [0.5, 0.6) is 0 Å². The molecule has 2 rings (SSSR count). The van der Waals surface area contributed by atoms with Gasteiger partial charge in [0.15, 0.2) is 0 Å². The van der Waals surface area contributed by atoms with Crippen LogP contribution in [-0.4, -0.2) is 41.5 Å². The van der Waals surface area contributed by atoms with Crippen molar-refractivity contribution in [1.29, 1.82) is 5.41 Å². The molecule has 0 radical (unpaired) electrons. The molecule has 0 amide bonds. The predicted molar refractivity (Wildman–Crippen MR) is 65.9 cm³/mol. The van der Waals surface area contributed by atoms with Crippen molar-refractivity contribution in [2.45, 2.75) is 19.6 Å². The Bertz CT molecular complexity index is 407. The van der Waals surface area contributed by atoms with E-state index in [1.165, 1.54) is 0 Å². The molecule has 0 spiro atoms. The number of morpholine rings is 1. The molecule has 1 fully saturated rings. The van der Waals surface area contributed by atoms with Gasteiger partial charge >= 0.3 is 0 Å². The van der Waals surface area contributed by atoms with Gasteiger partial charge < -0.3 is 10.5 Å². The molecule has 0 bridgehead atoms. The molecule has 1 aromatic rings. The number of hydrogen-bond acceptors (Lipinski definition) is 4. The second kappa shape index (κ2) is 5.25. The molecule has 3 N–H and O–H groups in total. The van der Waals surface area contributed by atoms with Crippen LogP contribution in [0.25, 0.3) is 0 Å². The van der Waals surface area contributed by atoms with Crippen molar-refractivity contribution in [3.05, 3.63) is 29.6 Å². The summed E-state index contributed by atoms with van der Waals surface area (Å²) in [6.45, 7) is 5.43. The van der Waals surface area contributed by atoms with Gasteiger partial charge in [0.25, 0.3) is 0 Å². The van der Waals surface area contributed by atoms with Gasteiger partial charge in [-0.25, -0.2) is 0 Å². The van der Waals surface area contributed by atoms with Gasteiger partial charge in [-0.2, -0.15) is 0 Å². The maximum atomic E-state index is 7.51. The highest BCUT2D eigenvalue weighted by Crippen LogP contribution is 2.12. The molecule has 5 nitrogen and oxygen atoms in total. The summed E-state index contributed by atoms with van der Waals surface area (Å²) in [5.74, 6) is 0.0295. The number of pyridine rings is 1. The van der Waals surface area contributed by atoms with Crippen molar-refractivity contribution in [2.24, 2.45) is 5.73 Å². The molecule has 1 aliphatic rings. The molecule has 2 heterocycles. The quantitative estimate of drug-likeness (QED) is 0.593. The third-order valence-corrected chi connectivity index (χ3v) is 2.87. The summed E-state index contributed by atoms with van der Waals surface area (Å²) in [4.78, 5) is 6.46. The maximum Gasteiger partial charge on any atom is 0.142 e. The zero-order chi connectivity index (χ0) is 12.3. The van der Waals surface area contributed by atoms with Gasteiger partial charge in [0.05, 0.1) is 12.7 Å². The van der Waals surface area contributed by atoms with Crippen LogP contribution < -0.4 is 5.73 Å². The van der Waals surface area contributed by atoms with Crippen LogP contribution >= 0.6 is 0 Å². The first-order chi connectivity index (χ1) is 8.16. The Morgan fingerprint density at radius 3 is 3.24 bits per heavy atom. The SMILES string of the molecule is CC1CN(Cc2cccnc2C(=N)N)CCO1. The Kier molecular flexibility index (Phi) is 3.71. The van der Waals surface area contributed by atoms with Gasteiger partial charge in [-0.3, -0.25) is 15.3 Å². The molecule has 1 aliphatic heterocycles. The summed E-state index contributed by atoms with van der Waals surface area (Å²) in [5.41, 5.74) is 7.12. The highest BCUT2D eigenvalue weighted by atomic mass is 16.5. The van der Waals surface area contributed by atoms with Crippen LogP contribution in [0, 0.1) is 5.41 Å². The summed E-state index contributed by atoms with van der Waals surface area (Å²) in [7, 11) is 0. The number of aromatic nitrogens is 1. The number of ether oxygens (including phenoxy) is 1. The third-order valence-electron chi connectivity index (χ3n) is 2.87. The summed E-state index contributed by atoms with van der Waals surface area (Å²) in [5, 5.41) is 7.51. The van der Waals surface area contributed by atoms with Crippen LogP contribution in [0.4, 0.5) is 0 Å². The topological polar surface area (TPSA) is 75.2 Å². The van der Waals surface area contributed by atoms with Crippen LogP contribution in [0.1, 0.15) is 18.2 Å². The lowest BCUT2D eigenvalue weighted by Gasteiger charge is -2.31. The monoisotopic (exact) mass is 234 g/mol. The minimum atomic E-state index is 0.0295. The molecule has 1 saturated heterocycles. The van der Waals surface area contributed by atoms with Crippen molar-refractivity contribution in [3.8, 4) is 0 Å². The standard InChI is InChI=1S/C12H18N4O/c1-9-7-16(5-6-17-9)8-10-3-2-4-15-11(10)12(13)14/h2-4,9H,5-8H2,1H3,(H3,13,14). The van der Waals surface area contributed by atoms with E-state index in [1.54, 1.807) is 6.20 Å².